The molecule has 5 heteroatoms. The van der Waals surface area contributed by atoms with Crippen LogP contribution in [0.2, 0.25) is 0 Å². The Labute approximate surface area is 123 Å². The van der Waals surface area contributed by atoms with E-state index in [1.807, 2.05) is 0 Å². The first-order chi connectivity index (χ1) is 10.1. The molecule has 0 unspecified atom stereocenters. The van der Waals surface area contributed by atoms with E-state index in [4.69, 9.17) is 0 Å². The average Bonchev–Trinajstić information content (AvgIpc) is 2.49. The van der Waals surface area contributed by atoms with Crippen molar-refractivity contribution in [3.8, 4) is 0 Å². The minimum absolute atomic E-state index is 0.217. The summed E-state index contributed by atoms with van der Waals surface area (Å²) in [6, 6.07) is 6.10. The van der Waals surface area contributed by atoms with Gasteiger partial charge in [-0.1, -0.05) is 25.0 Å². The van der Waals surface area contributed by atoms with Crippen LogP contribution >= 0.6 is 0 Å². The van der Waals surface area contributed by atoms with E-state index in [1.165, 1.54) is 12.1 Å². The zero-order chi connectivity index (χ0) is 15.2. The maximum absolute atomic E-state index is 12.8. The molecular formula is C16H19FNO3-. The van der Waals surface area contributed by atoms with Crippen LogP contribution in [0, 0.1) is 17.7 Å². The average molecular weight is 292 g/mol. The number of carbonyl (C=O) groups is 2. The fourth-order valence-corrected chi connectivity index (χ4v) is 2.84. The van der Waals surface area contributed by atoms with Crippen molar-refractivity contribution in [1.82, 2.24) is 5.32 Å². The van der Waals surface area contributed by atoms with Gasteiger partial charge in [-0.3, -0.25) is 4.79 Å². The van der Waals surface area contributed by atoms with Gasteiger partial charge in [-0.05, 0) is 37.0 Å². The Hall–Kier alpha value is -1.91. The maximum Gasteiger partial charge on any atom is 0.223 e. The molecule has 1 fully saturated rings. The number of hydrogen-bond donors (Lipinski definition) is 1. The molecule has 0 radical (unpaired) electrons. The highest BCUT2D eigenvalue weighted by Crippen LogP contribution is 2.29. The summed E-state index contributed by atoms with van der Waals surface area (Å²) in [6.45, 7) is 0.417. The predicted molar refractivity (Wildman–Crippen MR) is 73.6 cm³/mol. The second kappa shape index (κ2) is 7.20. The van der Waals surface area contributed by atoms with Crippen molar-refractivity contribution in [3.63, 3.8) is 0 Å². The van der Waals surface area contributed by atoms with Crippen molar-refractivity contribution in [1.29, 1.82) is 0 Å². The summed E-state index contributed by atoms with van der Waals surface area (Å²) in [5, 5.41) is 13.8. The normalized spacial score (nSPS) is 21.8. The lowest BCUT2D eigenvalue weighted by Gasteiger charge is -2.31. The van der Waals surface area contributed by atoms with Crippen LogP contribution in [0.15, 0.2) is 24.3 Å². The third-order valence-corrected chi connectivity index (χ3v) is 4.03. The van der Waals surface area contributed by atoms with E-state index >= 15 is 0 Å². The molecule has 21 heavy (non-hydrogen) atoms. The van der Waals surface area contributed by atoms with E-state index in [0.717, 1.165) is 18.4 Å². The Morgan fingerprint density at radius 2 is 1.76 bits per heavy atom. The standard InChI is InChI=1S/C16H20FNO3/c17-12-7-5-11(6-8-12)9-10-18-15(19)13-3-1-2-4-14(13)16(20)21/h5-8,13-14H,1-4,9-10H2,(H,18,19)(H,20,21)/p-1/t13-,14+/m0/s1. The molecule has 0 spiro atoms. The highest BCUT2D eigenvalue weighted by atomic mass is 19.1. The molecule has 1 N–H and O–H groups in total. The predicted octanol–water partition coefficient (Wildman–Crippen LogP) is 1.04. The van der Waals surface area contributed by atoms with Crippen molar-refractivity contribution < 1.29 is 19.1 Å². The molecule has 4 nitrogen and oxygen atoms in total. The zero-order valence-corrected chi connectivity index (χ0v) is 11.8. The molecule has 1 aromatic carbocycles. The zero-order valence-electron chi connectivity index (χ0n) is 11.8. The first-order valence-corrected chi connectivity index (χ1v) is 7.31. The smallest absolute Gasteiger partial charge is 0.223 e. The number of carboxylic acids is 1. The van der Waals surface area contributed by atoms with Gasteiger partial charge in [0.15, 0.2) is 0 Å². The largest absolute Gasteiger partial charge is 0.550 e. The highest BCUT2D eigenvalue weighted by Gasteiger charge is 2.31. The minimum Gasteiger partial charge on any atom is -0.550 e. The molecule has 0 aliphatic heterocycles. The number of carbonyl (C=O) groups excluding carboxylic acids is 2. The topological polar surface area (TPSA) is 69.2 Å². The van der Waals surface area contributed by atoms with Crippen LogP contribution in [0.5, 0.6) is 0 Å². The Morgan fingerprint density at radius 3 is 2.38 bits per heavy atom. The molecule has 0 saturated heterocycles. The highest BCUT2D eigenvalue weighted by molar-refractivity contribution is 5.84. The van der Waals surface area contributed by atoms with Gasteiger partial charge in [0, 0.05) is 24.3 Å². The first-order valence-electron chi connectivity index (χ1n) is 7.31. The quantitative estimate of drug-likeness (QED) is 0.881. The van der Waals surface area contributed by atoms with Gasteiger partial charge in [-0.15, -0.1) is 0 Å². The monoisotopic (exact) mass is 292 g/mol. The molecule has 1 aliphatic rings. The van der Waals surface area contributed by atoms with Crippen LogP contribution in [0.3, 0.4) is 0 Å². The fourth-order valence-electron chi connectivity index (χ4n) is 2.84. The van der Waals surface area contributed by atoms with E-state index in [1.54, 1.807) is 12.1 Å². The third-order valence-electron chi connectivity index (χ3n) is 4.03. The van der Waals surface area contributed by atoms with Gasteiger partial charge >= 0.3 is 0 Å². The number of nitrogens with one attached hydrogen (secondary N) is 1. The van der Waals surface area contributed by atoms with Crippen molar-refractivity contribution in [3.05, 3.63) is 35.6 Å². The lowest BCUT2D eigenvalue weighted by Crippen LogP contribution is -2.44. The number of halogens is 1. The number of rotatable bonds is 5. The first kappa shape index (κ1) is 15.5. The summed E-state index contributed by atoms with van der Waals surface area (Å²) in [6.07, 6.45) is 3.41. The summed E-state index contributed by atoms with van der Waals surface area (Å²) in [5.41, 5.74) is 0.928. The lowest BCUT2D eigenvalue weighted by molar-refractivity contribution is -0.314. The van der Waals surface area contributed by atoms with Gasteiger partial charge < -0.3 is 15.2 Å². The molecule has 0 heterocycles. The van der Waals surface area contributed by atoms with Crippen molar-refractivity contribution >= 4 is 11.9 Å². The molecule has 0 bridgehead atoms. The van der Waals surface area contributed by atoms with Crippen LogP contribution in [-0.2, 0) is 16.0 Å². The molecule has 2 atom stereocenters. The van der Waals surface area contributed by atoms with E-state index in [9.17, 15) is 19.1 Å². The van der Waals surface area contributed by atoms with E-state index < -0.39 is 17.8 Å². The van der Waals surface area contributed by atoms with Gasteiger partial charge in [-0.2, -0.15) is 0 Å². The number of benzene rings is 1. The van der Waals surface area contributed by atoms with Crippen molar-refractivity contribution in [2.45, 2.75) is 32.1 Å². The van der Waals surface area contributed by atoms with Crippen molar-refractivity contribution in [2.24, 2.45) is 11.8 Å². The summed E-state index contributed by atoms with van der Waals surface area (Å²) >= 11 is 0. The Morgan fingerprint density at radius 1 is 1.14 bits per heavy atom. The summed E-state index contributed by atoms with van der Waals surface area (Å²) in [7, 11) is 0. The SMILES string of the molecule is O=C(NCCc1ccc(F)cc1)[C@H]1CCCC[C@H]1C(=O)[O-]. The Bertz CT molecular complexity index is 501. The van der Waals surface area contributed by atoms with Crippen LogP contribution in [-0.4, -0.2) is 18.4 Å². The summed E-state index contributed by atoms with van der Waals surface area (Å²) < 4.78 is 12.8. The van der Waals surface area contributed by atoms with Crippen LogP contribution in [0.1, 0.15) is 31.2 Å². The molecule has 1 aliphatic carbocycles. The van der Waals surface area contributed by atoms with Gasteiger partial charge in [0.05, 0.1) is 0 Å². The molecule has 1 aromatic rings. The summed E-state index contributed by atoms with van der Waals surface area (Å²) in [4.78, 5) is 23.2. The van der Waals surface area contributed by atoms with E-state index in [2.05, 4.69) is 5.32 Å². The van der Waals surface area contributed by atoms with Crippen LogP contribution in [0.4, 0.5) is 4.39 Å². The number of hydrogen-bond acceptors (Lipinski definition) is 3. The Balaban J connectivity index is 1.83. The second-order valence-corrected chi connectivity index (χ2v) is 5.48. The number of carboxylic acid groups (broad SMARTS) is 1. The van der Waals surface area contributed by atoms with Gasteiger partial charge in [0.2, 0.25) is 5.91 Å². The number of aliphatic carboxylic acids is 1. The van der Waals surface area contributed by atoms with Crippen LogP contribution < -0.4 is 10.4 Å². The Kier molecular flexibility index (Phi) is 5.31. The van der Waals surface area contributed by atoms with E-state index in [0.29, 0.717) is 25.8 Å². The third kappa shape index (κ3) is 4.28. The maximum atomic E-state index is 12.8. The van der Waals surface area contributed by atoms with Gasteiger partial charge in [0.1, 0.15) is 5.82 Å². The molecular weight excluding hydrogens is 273 g/mol. The van der Waals surface area contributed by atoms with Gasteiger partial charge in [0.25, 0.3) is 0 Å². The van der Waals surface area contributed by atoms with E-state index in [-0.39, 0.29) is 11.7 Å². The minimum atomic E-state index is -1.13. The van der Waals surface area contributed by atoms with Crippen molar-refractivity contribution in [2.75, 3.05) is 6.54 Å². The molecule has 0 aromatic heterocycles. The molecule has 1 amide bonds. The summed E-state index contributed by atoms with van der Waals surface area (Å²) in [5.74, 6) is -2.80. The van der Waals surface area contributed by atoms with Gasteiger partial charge in [-0.25, -0.2) is 4.39 Å². The van der Waals surface area contributed by atoms with Crippen LogP contribution in [0.25, 0.3) is 0 Å². The molecule has 114 valence electrons. The second-order valence-electron chi connectivity index (χ2n) is 5.48. The molecule has 2 rings (SSSR count). The lowest BCUT2D eigenvalue weighted by atomic mass is 9.78. The molecule has 1 saturated carbocycles. The number of amides is 1. The fraction of sp³-hybridized carbons (Fsp3) is 0.500.